The zero-order valence-corrected chi connectivity index (χ0v) is 12.8. The first-order chi connectivity index (χ1) is 9.96. The number of fused-ring (bicyclic) bond motifs is 1. The second-order valence-corrected chi connectivity index (χ2v) is 6.02. The predicted molar refractivity (Wildman–Crippen MR) is 78.1 cm³/mol. The number of hydrogen-bond acceptors (Lipinski definition) is 3. The third-order valence-electron chi connectivity index (χ3n) is 3.86. The number of rotatable bonds is 1. The standard InChI is InChI=1S/C16H17F3N2O/c1-8-11-5-10(7-20)12(16(17,18)19)6-13(11)21-9(2)14(8)15(3,4)22/h5-6,9,21-22H,1-4H3. The van der Waals surface area contributed by atoms with Crippen molar-refractivity contribution in [2.24, 2.45) is 0 Å². The minimum absolute atomic E-state index is 0.304. The van der Waals surface area contributed by atoms with E-state index in [-0.39, 0.29) is 6.04 Å². The summed E-state index contributed by atoms with van der Waals surface area (Å²) in [7, 11) is 0. The van der Waals surface area contributed by atoms with E-state index in [4.69, 9.17) is 5.26 Å². The van der Waals surface area contributed by atoms with Gasteiger partial charge in [0.05, 0.1) is 22.8 Å². The van der Waals surface area contributed by atoms with E-state index in [0.29, 0.717) is 22.4 Å². The van der Waals surface area contributed by atoms with Gasteiger partial charge in [-0.3, -0.25) is 0 Å². The van der Waals surface area contributed by atoms with Crippen LogP contribution in [-0.2, 0) is 6.18 Å². The van der Waals surface area contributed by atoms with E-state index in [1.54, 1.807) is 33.8 Å². The predicted octanol–water partition coefficient (Wildman–Crippen LogP) is 3.94. The molecule has 0 spiro atoms. The molecule has 0 fully saturated rings. The van der Waals surface area contributed by atoms with Gasteiger partial charge in [-0.25, -0.2) is 0 Å². The van der Waals surface area contributed by atoms with E-state index in [1.165, 1.54) is 6.07 Å². The zero-order chi connectivity index (χ0) is 16.9. The molecule has 0 radical (unpaired) electrons. The Balaban J connectivity index is 2.74. The minimum atomic E-state index is -4.58. The molecular weight excluding hydrogens is 293 g/mol. The summed E-state index contributed by atoms with van der Waals surface area (Å²) in [6.45, 7) is 6.79. The van der Waals surface area contributed by atoms with Crippen molar-refractivity contribution in [1.29, 1.82) is 5.26 Å². The summed E-state index contributed by atoms with van der Waals surface area (Å²) in [6.07, 6.45) is -4.58. The molecule has 0 amide bonds. The van der Waals surface area contributed by atoms with Gasteiger partial charge in [0.2, 0.25) is 0 Å². The first kappa shape index (κ1) is 16.4. The van der Waals surface area contributed by atoms with Crippen molar-refractivity contribution in [3.63, 3.8) is 0 Å². The van der Waals surface area contributed by atoms with Crippen LogP contribution in [-0.4, -0.2) is 16.7 Å². The molecule has 1 aromatic rings. The molecular formula is C16H17F3N2O. The number of halogens is 3. The summed E-state index contributed by atoms with van der Waals surface area (Å²) in [5, 5.41) is 22.3. The third-order valence-corrected chi connectivity index (χ3v) is 3.86. The molecule has 3 nitrogen and oxygen atoms in total. The lowest BCUT2D eigenvalue weighted by Crippen LogP contribution is -2.36. The Kier molecular flexibility index (Phi) is 3.74. The van der Waals surface area contributed by atoms with E-state index < -0.39 is 22.9 Å². The second-order valence-electron chi connectivity index (χ2n) is 6.02. The lowest BCUT2D eigenvalue weighted by molar-refractivity contribution is -0.137. The number of anilines is 1. The van der Waals surface area contributed by atoms with E-state index in [9.17, 15) is 18.3 Å². The molecule has 2 rings (SSSR count). The van der Waals surface area contributed by atoms with Gasteiger partial charge >= 0.3 is 6.18 Å². The van der Waals surface area contributed by atoms with Crippen LogP contribution in [0.3, 0.4) is 0 Å². The highest BCUT2D eigenvalue weighted by molar-refractivity contribution is 5.84. The molecule has 22 heavy (non-hydrogen) atoms. The van der Waals surface area contributed by atoms with Crippen molar-refractivity contribution in [2.75, 3.05) is 5.32 Å². The molecule has 0 bridgehead atoms. The van der Waals surface area contributed by atoms with Crippen LogP contribution in [0.2, 0.25) is 0 Å². The Hall–Kier alpha value is -2.00. The van der Waals surface area contributed by atoms with Gasteiger partial charge in [0.15, 0.2) is 0 Å². The van der Waals surface area contributed by atoms with Gasteiger partial charge in [0.25, 0.3) is 0 Å². The summed E-state index contributed by atoms with van der Waals surface area (Å²) in [5.41, 5.74) is -0.249. The lowest BCUT2D eigenvalue weighted by atomic mass is 9.81. The normalized spacial score (nSPS) is 18.6. The Morgan fingerprint density at radius 3 is 2.32 bits per heavy atom. The number of allylic oxidation sites excluding steroid dienone is 1. The van der Waals surface area contributed by atoms with Crippen LogP contribution in [0, 0.1) is 11.3 Å². The van der Waals surface area contributed by atoms with Gasteiger partial charge in [-0.1, -0.05) is 0 Å². The van der Waals surface area contributed by atoms with Crippen molar-refractivity contribution < 1.29 is 18.3 Å². The van der Waals surface area contributed by atoms with Gasteiger partial charge in [-0.15, -0.1) is 0 Å². The lowest BCUT2D eigenvalue weighted by Gasteiger charge is -2.35. The number of nitrogens with zero attached hydrogens (tertiary/aromatic N) is 1. The summed E-state index contributed by atoms with van der Waals surface area (Å²) < 4.78 is 39.1. The Bertz CT molecular complexity index is 691. The maximum Gasteiger partial charge on any atom is 0.417 e. The Morgan fingerprint density at radius 1 is 1.27 bits per heavy atom. The first-order valence-corrected chi connectivity index (χ1v) is 6.82. The highest BCUT2D eigenvalue weighted by Crippen LogP contribution is 2.42. The van der Waals surface area contributed by atoms with Gasteiger partial charge in [-0.2, -0.15) is 18.4 Å². The molecule has 1 aromatic carbocycles. The maximum absolute atomic E-state index is 13.0. The quantitative estimate of drug-likeness (QED) is 0.826. The summed E-state index contributed by atoms with van der Waals surface area (Å²) >= 11 is 0. The molecule has 2 N–H and O–H groups in total. The van der Waals surface area contributed by atoms with E-state index in [0.717, 1.165) is 6.07 Å². The number of benzene rings is 1. The molecule has 1 unspecified atom stereocenters. The van der Waals surface area contributed by atoms with Crippen LogP contribution >= 0.6 is 0 Å². The molecule has 6 heteroatoms. The van der Waals surface area contributed by atoms with E-state index in [2.05, 4.69) is 5.32 Å². The third kappa shape index (κ3) is 2.69. The summed E-state index contributed by atoms with van der Waals surface area (Å²) in [4.78, 5) is 0. The van der Waals surface area contributed by atoms with Crippen LogP contribution in [0.25, 0.3) is 5.57 Å². The van der Waals surface area contributed by atoms with E-state index in [1.807, 2.05) is 0 Å². The van der Waals surface area contributed by atoms with Gasteiger partial charge in [0.1, 0.15) is 0 Å². The average molecular weight is 310 g/mol. The minimum Gasteiger partial charge on any atom is -0.386 e. The van der Waals surface area contributed by atoms with Crippen molar-refractivity contribution in [3.05, 3.63) is 34.4 Å². The zero-order valence-electron chi connectivity index (χ0n) is 12.8. The van der Waals surface area contributed by atoms with Crippen molar-refractivity contribution >= 4 is 11.3 Å². The molecule has 0 saturated carbocycles. The number of nitrogens with one attached hydrogen (secondary N) is 1. The molecule has 0 aliphatic carbocycles. The van der Waals surface area contributed by atoms with Gasteiger partial charge in [-0.05, 0) is 51.0 Å². The fourth-order valence-corrected chi connectivity index (χ4v) is 3.12. The highest BCUT2D eigenvalue weighted by atomic mass is 19.4. The van der Waals surface area contributed by atoms with Crippen LogP contribution in [0.4, 0.5) is 18.9 Å². The largest absolute Gasteiger partial charge is 0.417 e. The molecule has 0 saturated heterocycles. The fraction of sp³-hybridized carbons (Fsp3) is 0.438. The molecule has 1 heterocycles. The van der Waals surface area contributed by atoms with Gasteiger partial charge in [0, 0.05) is 17.3 Å². The van der Waals surface area contributed by atoms with Crippen molar-refractivity contribution in [3.8, 4) is 6.07 Å². The van der Waals surface area contributed by atoms with Crippen LogP contribution in [0.1, 0.15) is 44.4 Å². The topological polar surface area (TPSA) is 56.0 Å². The van der Waals surface area contributed by atoms with Crippen molar-refractivity contribution in [1.82, 2.24) is 0 Å². The highest BCUT2D eigenvalue weighted by Gasteiger charge is 2.37. The maximum atomic E-state index is 13.0. The second kappa shape index (κ2) is 5.03. The fourth-order valence-electron chi connectivity index (χ4n) is 3.12. The monoisotopic (exact) mass is 310 g/mol. The van der Waals surface area contributed by atoms with Crippen molar-refractivity contribution in [2.45, 2.75) is 45.5 Å². The molecule has 118 valence electrons. The first-order valence-electron chi connectivity index (χ1n) is 6.82. The SMILES string of the molecule is CC1=C(C(C)(C)O)C(C)Nc2cc(C(F)(F)F)c(C#N)cc21. The van der Waals surface area contributed by atoms with Crippen LogP contribution < -0.4 is 5.32 Å². The molecule has 1 atom stereocenters. The average Bonchev–Trinajstić information content (AvgIpc) is 2.34. The van der Waals surface area contributed by atoms with Gasteiger partial charge < -0.3 is 10.4 Å². The summed E-state index contributed by atoms with van der Waals surface area (Å²) in [6, 6.07) is 3.50. The van der Waals surface area contributed by atoms with E-state index >= 15 is 0 Å². The molecule has 0 aromatic heterocycles. The smallest absolute Gasteiger partial charge is 0.386 e. The molecule has 1 aliphatic rings. The molecule has 1 aliphatic heterocycles. The number of hydrogen-bond donors (Lipinski definition) is 2. The Morgan fingerprint density at radius 2 is 1.86 bits per heavy atom. The summed E-state index contributed by atoms with van der Waals surface area (Å²) in [5.74, 6) is 0. The number of aliphatic hydroxyl groups is 1. The number of nitriles is 1. The van der Waals surface area contributed by atoms with Crippen LogP contribution in [0.5, 0.6) is 0 Å². The Labute approximate surface area is 127 Å². The van der Waals surface area contributed by atoms with Crippen LogP contribution in [0.15, 0.2) is 17.7 Å². The number of alkyl halides is 3.